The van der Waals surface area contributed by atoms with Crippen LogP contribution in [0.4, 0.5) is 14.7 Å². The Morgan fingerprint density at radius 3 is 2.83 bits per heavy atom. The number of aromatic amines is 1. The number of aromatic nitrogens is 5. The second kappa shape index (κ2) is 8.85. The summed E-state index contributed by atoms with van der Waals surface area (Å²) in [5.74, 6) is -1.31. The number of H-pyrrole nitrogens is 1. The van der Waals surface area contributed by atoms with Crippen molar-refractivity contribution >= 4 is 28.2 Å². The molecular weight excluding hydrogens is 462 g/mol. The lowest BCUT2D eigenvalue weighted by atomic mass is 9.88. The van der Waals surface area contributed by atoms with Crippen molar-refractivity contribution in [3.05, 3.63) is 49.1 Å². The Kier molecular flexibility index (Phi) is 5.63. The first-order valence-corrected chi connectivity index (χ1v) is 12.4. The molecule has 36 heavy (non-hydrogen) atoms. The molecule has 1 aliphatic heterocycles. The van der Waals surface area contributed by atoms with Crippen molar-refractivity contribution in [1.82, 2.24) is 34.8 Å². The van der Waals surface area contributed by atoms with Gasteiger partial charge in [0.15, 0.2) is 0 Å². The van der Waals surface area contributed by atoms with Crippen molar-refractivity contribution < 1.29 is 8.78 Å². The fraction of sp³-hybridized carbons (Fsp3) is 0.423. The van der Waals surface area contributed by atoms with Crippen molar-refractivity contribution in [1.29, 1.82) is 0 Å². The molecule has 8 nitrogen and oxygen atoms in total. The third-order valence-electron chi connectivity index (χ3n) is 7.45. The molecule has 0 radical (unpaired) electrons. The van der Waals surface area contributed by atoms with Gasteiger partial charge in [-0.3, -0.25) is 0 Å². The van der Waals surface area contributed by atoms with E-state index in [1.54, 1.807) is 10.7 Å². The Labute approximate surface area is 207 Å². The number of piperidine rings is 1. The molecule has 1 saturated heterocycles. The molecule has 10 heteroatoms. The number of pyridine rings is 1. The average Bonchev–Trinajstić information content (AvgIpc) is 3.46. The summed E-state index contributed by atoms with van der Waals surface area (Å²) in [6, 6.07) is 3.75. The van der Waals surface area contributed by atoms with E-state index in [4.69, 9.17) is 0 Å². The third-order valence-corrected chi connectivity index (χ3v) is 7.45. The minimum atomic E-state index is -2.58. The number of nitrogens with one attached hydrogen (secondary N) is 3. The van der Waals surface area contributed by atoms with Crippen LogP contribution >= 0.6 is 0 Å². The average molecular weight is 493 g/mol. The first-order valence-electron chi connectivity index (χ1n) is 12.4. The molecule has 0 amide bonds. The van der Waals surface area contributed by atoms with E-state index in [2.05, 4.69) is 49.2 Å². The molecular formula is C26H30F2N8. The highest BCUT2D eigenvalue weighted by Gasteiger charge is 2.45. The van der Waals surface area contributed by atoms with Gasteiger partial charge in [0.2, 0.25) is 5.95 Å². The van der Waals surface area contributed by atoms with Crippen molar-refractivity contribution in [2.45, 2.75) is 37.6 Å². The van der Waals surface area contributed by atoms with E-state index >= 15 is 0 Å². The molecule has 2 fully saturated rings. The highest BCUT2D eigenvalue weighted by atomic mass is 19.3. The zero-order valence-corrected chi connectivity index (χ0v) is 20.3. The van der Waals surface area contributed by atoms with Crippen LogP contribution in [0, 0.1) is 5.92 Å². The van der Waals surface area contributed by atoms with Crippen molar-refractivity contribution in [2.24, 2.45) is 5.92 Å². The van der Waals surface area contributed by atoms with E-state index in [1.165, 1.54) is 12.8 Å². The van der Waals surface area contributed by atoms with Crippen LogP contribution < -0.4 is 10.6 Å². The molecule has 0 atom stereocenters. The summed E-state index contributed by atoms with van der Waals surface area (Å²) in [7, 11) is 2.17. The summed E-state index contributed by atoms with van der Waals surface area (Å²) >= 11 is 0. The maximum absolute atomic E-state index is 13.2. The maximum atomic E-state index is 13.2. The molecule has 0 aromatic carbocycles. The van der Waals surface area contributed by atoms with E-state index < -0.39 is 5.92 Å². The lowest BCUT2D eigenvalue weighted by molar-refractivity contribution is -0.0891. The standard InChI is InChI=1S/C26H30F2N8/c1-16(33-19-10-26(27,28)11-19)20-15-32-36-8-5-18(9-23(20)36)21-13-29-24-22(21)14-31-25(34-24)30-12-17-3-6-35(2)7-4-17/h5,8-9,13-15,17,19,33H,1,3-4,6-7,10-12H2,2H3,(H2,29,30,31,34). The molecule has 4 aromatic rings. The van der Waals surface area contributed by atoms with Crippen molar-refractivity contribution in [3.63, 3.8) is 0 Å². The predicted octanol–water partition coefficient (Wildman–Crippen LogP) is 4.38. The number of hydrogen-bond acceptors (Lipinski definition) is 6. The number of hydrogen-bond donors (Lipinski definition) is 3. The predicted molar refractivity (Wildman–Crippen MR) is 137 cm³/mol. The summed E-state index contributed by atoms with van der Waals surface area (Å²) in [6.45, 7) is 7.23. The van der Waals surface area contributed by atoms with E-state index in [9.17, 15) is 8.78 Å². The van der Waals surface area contributed by atoms with Gasteiger partial charge in [-0.05, 0) is 56.6 Å². The van der Waals surface area contributed by atoms with Gasteiger partial charge in [-0.15, -0.1) is 0 Å². The van der Waals surface area contributed by atoms with Crippen LogP contribution in [-0.4, -0.2) is 68.1 Å². The van der Waals surface area contributed by atoms with Gasteiger partial charge in [0, 0.05) is 66.2 Å². The van der Waals surface area contributed by atoms with Crippen LogP contribution in [0.2, 0.25) is 0 Å². The van der Waals surface area contributed by atoms with Crippen LogP contribution in [0.1, 0.15) is 31.2 Å². The summed E-state index contributed by atoms with van der Waals surface area (Å²) < 4.78 is 28.2. The summed E-state index contributed by atoms with van der Waals surface area (Å²) in [6.07, 6.45) is 9.43. The van der Waals surface area contributed by atoms with Gasteiger partial charge in [0.25, 0.3) is 5.92 Å². The molecule has 0 unspecified atom stereocenters. The highest BCUT2D eigenvalue weighted by Crippen LogP contribution is 2.38. The molecule has 3 N–H and O–H groups in total. The Hall–Kier alpha value is -3.53. The van der Waals surface area contributed by atoms with Gasteiger partial charge in [-0.1, -0.05) is 6.58 Å². The number of nitrogens with zero attached hydrogens (tertiary/aromatic N) is 5. The molecule has 2 aliphatic rings. The van der Waals surface area contributed by atoms with E-state index in [0.717, 1.165) is 52.9 Å². The van der Waals surface area contributed by atoms with E-state index in [0.29, 0.717) is 17.6 Å². The SMILES string of the molecule is C=C(NC1CC(F)(F)C1)c1cnn2ccc(-c3c[nH]c4nc(NCC5CCN(C)CC5)ncc34)cc12. The molecule has 5 heterocycles. The van der Waals surface area contributed by atoms with Crippen LogP contribution in [-0.2, 0) is 0 Å². The van der Waals surface area contributed by atoms with E-state index in [1.807, 2.05) is 30.7 Å². The van der Waals surface area contributed by atoms with Gasteiger partial charge in [-0.2, -0.15) is 10.1 Å². The number of halogens is 2. The number of rotatable bonds is 7. The largest absolute Gasteiger partial charge is 0.382 e. The number of fused-ring (bicyclic) bond motifs is 2. The van der Waals surface area contributed by atoms with Gasteiger partial charge < -0.3 is 20.5 Å². The Bertz CT molecular complexity index is 1410. The molecule has 6 rings (SSSR count). The highest BCUT2D eigenvalue weighted by molar-refractivity contribution is 5.94. The topological polar surface area (TPSA) is 86.2 Å². The summed E-state index contributed by atoms with van der Waals surface area (Å²) in [5, 5.41) is 11.9. The first kappa shape index (κ1) is 22.9. The molecule has 0 spiro atoms. The van der Waals surface area contributed by atoms with Gasteiger partial charge in [-0.25, -0.2) is 18.3 Å². The van der Waals surface area contributed by atoms with Crippen LogP contribution in [0.25, 0.3) is 33.4 Å². The lowest BCUT2D eigenvalue weighted by Crippen LogP contribution is -2.47. The quantitative estimate of drug-likeness (QED) is 0.355. The molecule has 4 aromatic heterocycles. The minimum absolute atomic E-state index is 0.166. The lowest BCUT2D eigenvalue weighted by Gasteiger charge is -2.36. The van der Waals surface area contributed by atoms with Crippen molar-refractivity contribution in [3.8, 4) is 11.1 Å². The number of alkyl halides is 2. The van der Waals surface area contributed by atoms with Gasteiger partial charge in [0.1, 0.15) is 5.65 Å². The fourth-order valence-corrected chi connectivity index (χ4v) is 5.20. The molecule has 0 bridgehead atoms. The van der Waals surface area contributed by atoms with Crippen LogP contribution in [0.5, 0.6) is 0 Å². The van der Waals surface area contributed by atoms with Crippen LogP contribution in [0.3, 0.4) is 0 Å². The normalized spacial score (nSPS) is 19.0. The Balaban J connectivity index is 1.20. The van der Waals surface area contributed by atoms with Gasteiger partial charge in [0.05, 0.1) is 11.7 Å². The summed E-state index contributed by atoms with van der Waals surface area (Å²) in [5.41, 5.74) is 4.99. The Morgan fingerprint density at radius 2 is 2.06 bits per heavy atom. The third kappa shape index (κ3) is 4.41. The second-order valence-corrected chi connectivity index (χ2v) is 10.2. The van der Waals surface area contributed by atoms with Crippen molar-refractivity contribution in [2.75, 3.05) is 32.0 Å². The second-order valence-electron chi connectivity index (χ2n) is 10.2. The van der Waals surface area contributed by atoms with Gasteiger partial charge >= 0.3 is 0 Å². The zero-order chi connectivity index (χ0) is 24.9. The molecule has 1 saturated carbocycles. The Morgan fingerprint density at radius 1 is 1.25 bits per heavy atom. The maximum Gasteiger partial charge on any atom is 0.252 e. The number of likely N-dealkylation sites (tertiary alicyclic amines) is 1. The smallest absolute Gasteiger partial charge is 0.252 e. The molecule has 188 valence electrons. The fourth-order valence-electron chi connectivity index (χ4n) is 5.20. The number of anilines is 1. The minimum Gasteiger partial charge on any atom is -0.382 e. The monoisotopic (exact) mass is 492 g/mol. The summed E-state index contributed by atoms with van der Waals surface area (Å²) in [4.78, 5) is 14.9. The van der Waals surface area contributed by atoms with E-state index in [-0.39, 0.29) is 18.9 Å². The zero-order valence-electron chi connectivity index (χ0n) is 20.3. The first-order chi connectivity index (χ1) is 17.3. The molecule has 1 aliphatic carbocycles. The van der Waals surface area contributed by atoms with Crippen LogP contribution in [0.15, 0.2) is 43.5 Å².